The molecular formula is C13H15BrN2O. The number of halogens is 1. The van der Waals surface area contributed by atoms with Crippen LogP contribution < -0.4 is 4.90 Å². The number of nitriles is 1. The van der Waals surface area contributed by atoms with Crippen LogP contribution in [0, 0.1) is 11.3 Å². The van der Waals surface area contributed by atoms with Crippen LogP contribution in [0.3, 0.4) is 0 Å². The molecule has 0 heterocycles. The van der Waals surface area contributed by atoms with Gasteiger partial charge in [-0.3, -0.25) is 0 Å². The SMILES string of the molecule is C=CCN(CCOC)c1ccc(C#N)cc1Br. The zero-order valence-electron chi connectivity index (χ0n) is 9.82. The third-order valence-corrected chi connectivity index (χ3v) is 2.97. The molecule has 1 rings (SSSR count). The Morgan fingerprint density at radius 1 is 1.59 bits per heavy atom. The lowest BCUT2D eigenvalue weighted by atomic mass is 10.2. The van der Waals surface area contributed by atoms with Gasteiger partial charge in [0.2, 0.25) is 0 Å². The number of methoxy groups -OCH3 is 1. The lowest BCUT2D eigenvalue weighted by Crippen LogP contribution is -2.27. The molecule has 0 aliphatic carbocycles. The summed E-state index contributed by atoms with van der Waals surface area (Å²) < 4.78 is 5.99. The first-order valence-electron chi connectivity index (χ1n) is 5.27. The molecule has 0 bridgehead atoms. The van der Waals surface area contributed by atoms with Gasteiger partial charge in [-0.05, 0) is 34.1 Å². The Hall–Kier alpha value is -1.31. The summed E-state index contributed by atoms with van der Waals surface area (Å²) in [6.45, 7) is 5.93. The first-order chi connectivity index (χ1) is 8.22. The van der Waals surface area contributed by atoms with Crippen LogP contribution in [0.1, 0.15) is 5.56 Å². The molecule has 0 aliphatic heterocycles. The molecule has 0 saturated heterocycles. The monoisotopic (exact) mass is 294 g/mol. The van der Waals surface area contributed by atoms with Gasteiger partial charge in [0, 0.05) is 24.7 Å². The van der Waals surface area contributed by atoms with E-state index in [2.05, 4.69) is 33.5 Å². The van der Waals surface area contributed by atoms with Crippen molar-refractivity contribution in [1.29, 1.82) is 5.26 Å². The van der Waals surface area contributed by atoms with Gasteiger partial charge in [-0.15, -0.1) is 6.58 Å². The van der Waals surface area contributed by atoms with Crippen LogP contribution in [-0.2, 0) is 4.74 Å². The topological polar surface area (TPSA) is 36.3 Å². The molecule has 0 N–H and O–H groups in total. The summed E-state index contributed by atoms with van der Waals surface area (Å²) in [6.07, 6.45) is 1.85. The van der Waals surface area contributed by atoms with E-state index >= 15 is 0 Å². The van der Waals surface area contributed by atoms with Crippen LogP contribution in [0.5, 0.6) is 0 Å². The van der Waals surface area contributed by atoms with E-state index in [1.54, 1.807) is 7.11 Å². The van der Waals surface area contributed by atoms with E-state index in [0.717, 1.165) is 23.2 Å². The van der Waals surface area contributed by atoms with Crippen molar-refractivity contribution >= 4 is 21.6 Å². The van der Waals surface area contributed by atoms with Crippen LogP contribution in [0.25, 0.3) is 0 Å². The highest BCUT2D eigenvalue weighted by Gasteiger charge is 2.09. The van der Waals surface area contributed by atoms with Crippen molar-refractivity contribution in [3.8, 4) is 6.07 Å². The first kappa shape index (κ1) is 13.8. The number of benzene rings is 1. The fourth-order valence-corrected chi connectivity index (χ4v) is 2.13. The smallest absolute Gasteiger partial charge is 0.0992 e. The molecule has 90 valence electrons. The maximum Gasteiger partial charge on any atom is 0.0992 e. The molecule has 0 radical (unpaired) electrons. The van der Waals surface area contributed by atoms with Gasteiger partial charge in [-0.2, -0.15) is 5.26 Å². The average Bonchev–Trinajstić information content (AvgIpc) is 2.34. The minimum Gasteiger partial charge on any atom is -0.383 e. The predicted molar refractivity (Wildman–Crippen MR) is 73.1 cm³/mol. The van der Waals surface area contributed by atoms with E-state index in [0.29, 0.717) is 12.2 Å². The maximum atomic E-state index is 8.82. The molecule has 1 aromatic carbocycles. The second-order valence-corrected chi connectivity index (χ2v) is 4.36. The van der Waals surface area contributed by atoms with Gasteiger partial charge in [0.05, 0.1) is 23.9 Å². The van der Waals surface area contributed by atoms with Crippen molar-refractivity contribution < 1.29 is 4.74 Å². The number of hydrogen-bond acceptors (Lipinski definition) is 3. The van der Waals surface area contributed by atoms with E-state index in [4.69, 9.17) is 10.00 Å². The van der Waals surface area contributed by atoms with Crippen molar-refractivity contribution in [3.63, 3.8) is 0 Å². The Morgan fingerprint density at radius 3 is 2.88 bits per heavy atom. The zero-order valence-corrected chi connectivity index (χ0v) is 11.4. The van der Waals surface area contributed by atoms with E-state index < -0.39 is 0 Å². The summed E-state index contributed by atoms with van der Waals surface area (Å²) in [4.78, 5) is 2.14. The Balaban J connectivity index is 2.93. The highest BCUT2D eigenvalue weighted by molar-refractivity contribution is 9.10. The molecule has 0 atom stereocenters. The lowest BCUT2D eigenvalue weighted by molar-refractivity contribution is 0.205. The van der Waals surface area contributed by atoms with Gasteiger partial charge in [0.1, 0.15) is 0 Å². The molecule has 0 fully saturated rings. The molecule has 17 heavy (non-hydrogen) atoms. The standard InChI is InChI=1S/C13H15BrN2O/c1-3-6-16(7-8-17-2)13-5-4-11(10-15)9-12(13)14/h3-5,9H,1,6-8H2,2H3. The summed E-state index contributed by atoms with van der Waals surface area (Å²) in [7, 11) is 1.68. The van der Waals surface area contributed by atoms with Gasteiger partial charge in [0.25, 0.3) is 0 Å². The lowest BCUT2D eigenvalue weighted by Gasteiger charge is -2.24. The quantitative estimate of drug-likeness (QED) is 0.757. The van der Waals surface area contributed by atoms with Gasteiger partial charge in [0.15, 0.2) is 0 Å². The van der Waals surface area contributed by atoms with Gasteiger partial charge in [-0.1, -0.05) is 6.08 Å². The fourth-order valence-electron chi connectivity index (χ4n) is 1.50. The van der Waals surface area contributed by atoms with E-state index in [1.807, 2.05) is 24.3 Å². The van der Waals surface area contributed by atoms with Crippen LogP contribution in [0.15, 0.2) is 35.3 Å². The summed E-state index contributed by atoms with van der Waals surface area (Å²) in [6, 6.07) is 7.67. The Labute approximate surface area is 110 Å². The van der Waals surface area contributed by atoms with Crippen molar-refractivity contribution in [3.05, 3.63) is 40.9 Å². The van der Waals surface area contributed by atoms with Gasteiger partial charge in [-0.25, -0.2) is 0 Å². The second-order valence-electron chi connectivity index (χ2n) is 3.51. The van der Waals surface area contributed by atoms with E-state index in [9.17, 15) is 0 Å². The van der Waals surface area contributed by atoms with Gasteiger partial charge >= 0.3 is 0 Å². The largest absolute Gasteiger partial charge is 0.383 e. The minimum atomic E-state index is 0.644. The number of nitrogens with zero attached hydrogens (tertiary/aromatic N) is 2. The summed E-state index contributed by atoms with van der Waals surface area (Å²) in [5.41, 5.74) is 1.69. The molecule has 0 aliphatic rings. The number of hydrogen-bond donors (Lipinski definition) is 0. The normalized spacial score (nSPS) is 9.71. The average molecular weight is 295 g/mol. The Morgan fingerprint density at radius 2 is 2.35 bits per heavy atom. The molecular weight excluding hydrogens is 280 g/mol. The molecule has 0 unspecified atom stereocenters. The third kappa shape index (κ3) is 3.88. The van der Waals surface area contributed by atoms with Crippen LogP contribution >= 0.6 is 15.9 Å². The summed E-state index contributed by atoms with van der Waals surface area (Å²) in [5.74, 6) is 0. The third-order valence-electron chi connectivity index (χ3n) is 2.33. The molecule has 0 aromatic heterocycles. The number of ether oxygens (including phenoxy) is 1. The molecule has 0 amide bonds. The van der Waals surface area contributed by atoms with Crippen molar-refractivity contribution in [2.75, 3.05) is 31.7 Å². The van der Waals surface area contributed by atoms with E-state index in [-0.39, 0.29) is 0 Å². The Kier molecular flexibility index (Phi) is 5.75. The van der Waals surface area contributed by atoms with Crippen LogP contribution in [0.4, 0.5) is 5.69 Å². The first-order valence-corrected chi connectivity index (χ1v) is 6.06. The second kappa shape index (κ2) is 7.10. The van der Waals surface area contributed by atoms with Crippen molar-refractivity contribution in [1.82, 2.24) is 0 Å². The highest BCUT2D eigenvalue weighted by Crippen LogP contribution is 2.27. The molecule has 0 spiro atoms. The fraction of sp³-hybridized carbons (Fsp3) is 0.308. The number of rotatable bonds is 6. The van der Waals surface area contributed by atoms with E-state index in [1.165, 1.54) is 0 Å². The molecule has 4 heteroatoms. The van der Waals surface area contributed by atoms with Crippen molar-refractivity contribution in [2.45, 2.75) is 0 Å². The summed E-state index contributed by atoms with van der Waals surface area (Å²) in [5, 5.41) is 8.82. The minimum absolute atomic E-state index is 0.644. The van der Waals surface area contributed by atoms with Crippen LogP contribution in [-0.4, -0.2) is 26.8 Å². The van der Waals surface area contributed by atoms with Gasteiger partial charge < -0.3 is 9.64 Å². The van der Waals surface area contributed by atoms with Crippen molar-refractivity contribution in [2.24, 2.45) is 0 Å². The maximum absolute atomic E-state index is 8.82. The van der Waals surface area contributed by atoms with Crippen LogP contribution in [0.2, 0.25) is 0 Å². The number of anilines is 1. The molecule has 0 saturated carbocycles. The summed E-state index contributed by atoms with van der Waals surface area (Å²) >= 11 is 3.48. The molecule has 3 nitrogen and oxygen atoms in total. The molecule has 1 aromatic rings. The zero-order chi connectivity index (χ0) is 12.7. The predicted octanol–water partition coefficient (Wildman–Crippen LogP) is 2.96. The highest BCUT2D eigenvalue weighted by atomic mass is 79.9. The Bertz CT molecular complexity index is 426.